The maximum absolute atomic E-state index is 12.4. The predicted octanol–water partition coefficient (Wildman–Crippen LogP) is 4.47. The normalized spacial score (nSPS) is 11.1. The maximum Gasteiger partial charge on any atom is 0.262 e. The second-order valence-corrected chi connectivity index (χ2v) is 5.96. The number of aromatic amines is 1. The average Bonchev–Trinajstić information content (AvgIpc) is 2.96. The molecule has 4 heteroatoms. The van der Waals surface area contributed by atoms with Gasteiger partial charge in [0.1, 0.15) is 11.1 Å². The highest BCUT2D eigenvalue weighted by molar-refractivity contribution is 5.99. The molecule has 0 amide bonds. The van der Waals surface area contributed by atoms with E-state index >= 15 is 0 Å². The molecule has 4 nitrogen and oxygen atoms in total. The maximum atomic E-state index is 12.4. The summed E-state index contributed by atoms with van der Waals surface area (Å²) in [5.74, 6) is 0.673. The van der Waals surface area contributed by atoms with Crippen LogP contribution in [0.25, 0.3) is 33.6 Å². The van der Waals surface area contributed by atoms with E-state index in [0.29, 0.717) is 16.9 Å². The molecule has 2 aromatic carbocycles. The van der Waals surface area contributed by atoms with Gasteiger partial charge in [0.2, 0.25) is 5.71 Å². The second kappa shape index (κ2) is 5.49. The molecule has 2 aromatic heterocycles. The molecular formula is C20H16N2O2. The molecule has 2 heterocycles. The third-order valence-electron chi connectivity index (χ3n) is 4.04. The number of nitrogens with zero attached hydrogens (tertiary/aromatic N) is 1. The molecule has 0 saturated heterocycles. The molecule has 0 aliphatic carbocycles. The van der Waals surface area contributed by atoms with Crippen LogP contribution in [0.5, 0.6) is 0 Å². The van der Waals surface area contributed by atoms with Gasteiger partial charge < -0.3 is 9.40 Å². The first-order valence-corrected chi connectivity index (χ1v) is 7.78. The zero-order chi connectivity index (χ0) is 16.7. The minimum absolute atomic E-state index is 0.196. The fraction of sp³-hybridized carbons (Fsp3) is 0.100. The summed E-state index contributed by atoms with van der Waals surface area (Å²) in [6.07, 6.45) is 1.37. The van der Waals surface area contributed by atoms with Crippen molar-refractivity contribution in [3.8, 4) is 22.5 Å². The van der Waals surface area contributed by atoms with Crippen molar-refractivity contribution in [3.63, 3.8) is 0 Å². The van der Waals surface area contributed by atoms with Crippen LogP contribution in [0.2, 0.25) is 0 Å². The van der Waals surface area contributed by atoms with E-state index in [9.17, 15) is 4.79 Å². The van der Waals surface area contributed by atoms with Crippen molar-refractivity contribution >= 4 is 11.1 Å². The number of hydrogen-bond donors (Lipinski definition) is 1. The first-order valence-electron chi connectivity index (χ1n) is 7.78. The topological polar surface area (TPSA) is 58.9 Å². The van der Waals surface area contributed by atoms with Crippen molar-refractivity contribution in [1.29, 1.82) is 0 Å². The average molecular weight is 316 g/mol. The number of benzene rings is 2. The van der Waals surface area contributed by atoms with Gasteiger partial charge >= 0.3 is 0 Å². The summed E-state index contributed by atoms with van der Waals surface area (Å²) in [6, 6.07) is 16.0. The molecule has 0 saturated carbocycles. The van der Waals surface area contributed by atoms with Gasteiger partial charge in [0.25, 0.3) is 5.56 Å². The Balaban J connectivity index is 2.13. The van der Waals surface area contributed by atoms with E-state index in [1.807, 2.05) is 44.2 Å². The van der Waals surface area contributed by atoms with Gasteiger partial charge in [-0.1, -0.05) is 47.5 Å². The first-order chi connectivity index (χ1) is 11.6. The number of rotatable bonds is 2. The lowest BCUT2D eigenvalue weighted by Gasteiger charge is -2.06. The Morgan fingerprint density at radius 3 is 2.38 bits per heavy atom. The summed E-state index contributed by atoms with van der Waals surface area (Å²) in [5.41, 5.74) is 5.11. The highest BCUT2D eigenvalue weighted by atomic mass is 16.3. The van der Waals surface area contributed by atoms with E-state index in [-0.39, 0.29) is 5.56 Å². The van der Waals surface area contributed by atoms with Gasteiger partial charge in [0.05, 0.1) is 6.33 Å². The molecule has 0 aliphatic heterocycles. The Morgan fingerprint density at radius 1 is 0.958 bits per heavy atom. The summed E-state index contributed by atoms with van der Waals surface area (Å²) in [7, 11) is 0. The molecule has 4 rings (SSSR count). The lowest BCUT2D eigenvalue weighted by atomic mass is 9.98. The minimum atomic E-state index is -0.196. The molecule has 0 fully saturated rings. The smallest absolute Gasteiger partial charge is 0.262 e. The van der Waals surface area contributed by atoms with Crippen molar-refractivity contribution in [1.82, 2.24) is 9.97 Å². The van der Waals surface area contributed by atoms with Crippen LogP contribution >= 0.6 is 0 Å². The summed E-state index contributed by atoms with van der Waals surface area (Å²) >= 11 is 0. The fourth-order valence-corrected chi connectivity index (χ4v) is 3.13. The standard InChI is InChI=1S/C20H16N2O2/c1-12-8-13(2)10-15(9-12)18-16(14-6-4-3-5-7-14)17-19(23)21-11-22-20(17)24-18/h3-11H,1-2H3,(H,21,22,23). The van der Waals surface area contributed by atoms with Crippen LogP contribution in [0.1, 0.15) is 11.1 Å². The van der Waals surface area contributed by atoms with E-state index in [1.165, 1.54) is 6.33 Å². The molecule has 118 valence electrons. The number of furan rings is 1. The van der Waals surface area contributed by atoms with Crippen LogP contribution in [0.15, 0.2) is 64.1 Å². The first kappa shape index (κ1) is 14.5. The second-order valence-electron chi connectivity index (χ2n) is 5.96. The monoisotopic (exact) mass is 316 g/mol. The van der Waals surface area contributed by atoms with Crippen LogP contribution in [0, 0.1) is 13.8 Å². The van der Waals surface area contributed by atoms with Crippen LogP contribution in [-0.2, 0) is 0 Å². The SMILES string of the molecule is Cc1cc(C)cc(-c2oc3nc[nH]c(=O)c3c2-c2ccccc2)c1. The molecule has 4 aromatic rings. The summed E-state index contributed by atoms with van der Waals surface area (Å²) in [6.45, 7) is 4.10. The van der Waals surface area contributed by atoms with Crippen molar-refractivity contribution in [2.24, 2.45) is 0 Å². The van der Waals surface area contributed by atoms with Crippen molar-refractivity contribution in [2.75, 3.05) is 0 Å². The number of hydrogen-bond acceptors (Lipinski definition) is 3. The van der Waals surface area contributed by atoms with Crippen LogP contribution in [0.4, 0.5) is 0 Å². The van der Waals surface area contributed by atoms with Gasteiger partial charge in [-0.15, -0.1) is 0 Å². The molecule has 0 aliphatic rings. The van der Waals surface area contributed by atoms with E-state index < -0.39 is 0 Å². The Hall–Kier alpha value is -3.14. The molecular weight excluding hydrogens is 300 g/mol. The van der Waals surface area contributed by atoms with E-state index in [1.54, 1.807) is 0 Å². The third kappa shape index (κ3) is 2.33. The van der Waals surface area contributed by atoms with Gasteiger partial charge in [0.15, 0.2) is 0 Å². The lowest BCUT2D eigenvalue weighted by Crippen LogP contribution is -2.05. The lowest BCUT2D eigenvalue weighted by molar-refractivity contribution is 0.618. The molecule has 0 atom stereocenters. The van der Waals surface area contributed by atoms with E-state index in [0.717, 1.165) is 27.8 Å². The summed E-state index contributed by atoms with van der Waals surface area (Å²) < 4.78 is 6.00. The Morgan fingerprint density at radius 2 is 1.67 bits per heavy atom. The van der Waals surface area contributed by atoms with Gasteiger partial charge in [-0.3, -0.25) is 4.79 Å². The van der Waals surface area contributed by atoms with Crippen LogP contribution in [0.3, 0.4) is 0 Å². The number of fused-ring (bicyclic) bond motifs is 1. The van der Waals surface area contributed by atoms with Crippen molar-refractivity contribution in [3.05, 3.63) is 76.3 Å². The van der Waals surface area contributed by atoms with Crippen LogP contribution in [-0.4, -0.2) is 9.97 Å². The zero-order valence-corrected chi connectivity index (χ0v) is 13.5. The Labute approximate surface area is 138 Å². The van der Waals surface area contributed by atoms with Crippen LogP contribution < -0.4 is 5.56 Å². The molecule has 0 radical (unpaired) electrons. The predicted molar refractivity (Wildman–Crippen MR) is 95.0 cm³/mol. The molecule has 0 bridgehead atoms. The number of aromatic nitrogens is 2. The number of nitrogens with one attached hydrogen (secondary N) is 1. The van der Waals surface area contributed by atoms with Crippen molar-refractivity contribution in [2.45, 2.75) is 13.8 Å². The Kier molecular flexibility index (Phi) is 3.31. The zero-order valence-electron chi connectivity index (χ0n) is 13.5. The number of aryl methyl sites for hydroxylation is 2. The molecule has 1 N–H and O–H groups in total. The number of H-pyrrole nitrogens is 1. The fourth-order valence-electron chi connectivity index (χ4n) is 3.13. The molecule has 0 spiro atoms. The summed E-state index contributed by atoms with van der Waals surface area (Å²) in [5, 5.41) is 0.484. The van der Waals surface area contributed by atoms with E-state index in [4.69, 9.17) is 4.42 Å². The molecule has 0 unspecified atom stereocenters. The highest BCUT2D eigenvalue weighted by Crippen LogP contribution is 2.39. The van der Waals surface area contributed by atoms with Gasteiger partial charge in [-0.05, 0) is 31.5 Å². The quantitative estimate of drug-likeness (QED) is 0.593. The van der Waals surface area contributed by atoms with Gasteiger partial charge in [-0.25, -0.2) is 4.98 Å². The van der Waals surface area contributed by atoms with Gasteiger partial charge in [0, 0.05) is 11.1 Å². The van der Waals surface area contributed by atoms with Crippen molar-refractivity contribution < 1.29 is 4.42 Å². The van der Waals surface area contributed by atoms with E-state index in [2.05, 4.69) is 28.2 Å². The van der Waals surface area contributed by atoms with Gasteiger partial charge in [-0.2, -0.15) is 0 Å². The highest BCUT2D eigenvalue weighted by Gasteiger charge is 2.21. The molecule has 24 heavy (non-hydrogen) atoms. The Bertz CT molecular complexity index is 1070. The third-order valence-corrected chi connectivity index (χ3v) is 4.04. The minimum Gasteiger partial charge on any atom is -0.437 e. The summed E-state index contributed by atoms with van der Waals surface area (Å²) in [4.78, 5) is 19.2. The largest absolute Gasteiger partial charge is 0.437 e.